The number of hydrogen-bond donors (Lipinski definition) is 0. The second kappa shape index (κ2) is 7.46. The van der Waals surface area contributed by atoms with Gasteiger partial charge in [0.25, 0.3) is 0 Å². The molecule has 112 valence electrons. The lowest BCUT2D eigenvalue weighted by Gasteiger charge is -2.08. The summed E-state index contributed by atoms with van der Waals surface area (Å²) in [6, 6.07) is 18.8. The van der Waals surface area contributed by atoms with Gasteiger partial charge in [-0.05, 0) is 36.1 Å². The van der Waals surface area contributed by atoms with E-state index in [9.17, 15) is 0 Å². The summed E-state index contributed by atoms with van der Waals surface area (Å²) < 4.78 is 7.85. The van der Waals surface area contributed by atoms with Crippen molar-refractivity contribution in [1.82, 2.24) is 9.55 Å². The molecule has 3 rings (SSSR count). The minimum Gasteiger partial charge on any atom is -0.494 e. The number of benzene rings is 2. The molecule has 2 aromatic carbocycles. The van der Waals surface area contributed by atoms with Crippen LogP contribution in [0.15, 0.2) is 73.3 Å². The predicted octanol–water partition coefficient (Wildman–Crippen LogP) is 3.94. The van der Waals surface area contributed by atoms with Crippen LogP contribution in [-0.4, -0.2) is 16.2 Å². The zero-order chi connectivity index (χ0) is 15.0. The van der Waals surface area contributed by atoms with E-state index >= 15 is 0 Å². The maximum Gasteiger partial charge on any atom is 0.119 e. The molecule has 1 heterocycles. The van der Waals surface area contributed by atoms with Crippen LogP contribution in [0.4, 0.5) is 0 Å². The molecule has 0 aliphatic rings. The average molecular weight is 292 g/mol. The molecule has 22 heavy (non-hydrogen) atoms. The molecular formula is C19H20N2O. The first-order chi connectivity index (χ1) is 10.9. The Morgan fingerprint density at radius 1 is 0.909 bits per heavy atom. The van der Waals surface area contributed by atoms with Crippen molar-refractivity contribution in [3.05, 3.63) is 84.4 Å². The zero-order valence-corrected chi connectivity index (χ0v) is 12.6. The topological polar surface area (TPSA) is 27.1 Å². The summed E-state index contributed by atoms with van der Waals surface area (Å²) in [6.45, 7) is 1.59. The Balaban J connectivity index is 1.43. The van der Waals surface area contributed by atoms with Crippen LogP contribution in [-0.2, 0) is 13.0 Å². The van der Waals surface area contributed by atoms with Crippen molar-refractivity contribution in [2.75, 3.05) is 6.61 Å². The van der Waals surface area contributed by atoms with E-state index in [0.717, 1.165) is 31.7 Å². The van der Waals surface area contributed by atoms with Crippen LogP contribution in [0.1, 0.15) is 17.5 Å². The van der Waals surface area contributed by atoms with Crippen LogP contribution < -0.4 is 4.74 Å². The lowest BCUT2D eigenvalue weighted by Crippen LogP contribution is -2.00. The van der Waals surface area contributed by atoms with Gasteiger partial charge in [0, 0.05) is 18.9 Å². The molecule has 3 heteroatoms. The van der Waals surface area contributed by atoms with E-state index in [2.05, 4.69) is 45.9 Å². The van der Waals surface area contributed by atoms with Crippen molar-refractivity contribution < 1.29 is 4.74 Å². The van der Waals surface area contributed by atoms with Gasteiger partial charge in [-0.25, -0.2) is 4.98 Å². The van der Waals surface area contributed by atoms with Gasteiger partial charge in [-0.15, -0.1) is 0 Å². The number of hydrogen-bond acceptors (Lipinski definition) is 2. The molecule has 0 spiro atoms. The predicted molar refractivity (Wildman–Crippen MR) is 88.0 cm³/mol. The number of ether oxygens (including phenoxy) is 1. The van der Waals surface area contributed by atoms with E-state index in [4.69, 9.17) is 4.74 Å². The molecule has 0 N–H and O–H groups in total. The molecule has 0 fully saturated rings. The highest BCUT2D eigenvalue weighted by Gasteiger charge is 1.98. The van der Waals surface area contributed by atoms with Crippen LogP contribution in [0.2, 0.25) is 0 Å². The molecule has 3 nitrogen and oxygen atoms in total. The summed E-state index contributed by atoms with van der Waals surface area (Å²) in [5, 5.41) is 0. The maximum atomic E-state index is 5.80. The number of nitrogens with zero attached hydrogens (tertiary/aromatic N) is 2. The zero-order valence-electron chi connectivity index (χ0n) is 12.6. The van der Waals surface area contributed by atoms with Gasteiger partial charge < -0.3 is 9.30 Å². The van der Waals surface area contributed by atoms with Crippen LogP contribution in [0.25, 0.3) is 0 Å². The van der Waals surface area contributed by atoms with Gasteiger partial charge in [-0.3, -0.25) is 0 Å². The molecule has 0 aliphatic carbocycles. The summed E-state index contributed by atoms with van der Waals surface area (Å²) in [5.41, 5.74) is 2.61. The molecule has 0 saturated carbocycles. The van der Waals surface area contributed by atoms with Crippen LogP contribution >= 0.6 is 0 Å². The maximum absolute atomic E-state index is 5.80. The summed E-state index contributed by atoms with van der Waals surface area (Å²) in [7, 11) is 0. The first-order valence-corrected chi connectivity index (χ1v) is 7.61. The molecule has 0 bridgehead atoms. The van der Waals surface area contributed by atoms with E-state index in [0.29, 0.717) is 0 Å². The van der Waals surface area contributed by atoms with E-state index in [-0.39, 0.29) is 0 Å². The van der Waals surface area contributed by atoms with Gasteiger partial charge in [0.2, 0.25) is 0 Å². The highest BCUT2D eigenvalue weighted by atomic mass is 16.5. The molecule has 1 aromatic heterocycles. The molecule has 0 amide bonds. The fourth-order valence-electron chi connectivity index (χ4n) is 2.39. The van der Waals surface area contributed by atoms with Gasteiger partial charge in [0.1, 0.15) is 5.75 Å². The van der Waals surface area contributed by atoms with Crippen molar-refractivity contribution in [2.24, 2.45) is 0 Å². The van der Waals surface area contributed by atoms with Crippen LogP contribution in [0.5, 0.6) is 5.75 Å². The SMILES string of the molecule is c1ccc(CCCOc2ccc(Cn3ccnc3)cc2)cc1. The fraction of sp³-hybridized carbons (Fsp3) is 0.211. The Labute approximate surface area is 131 Å². The van der Waals surface area contributed by atoms with Crippen molar-refractivity contribution in [3.63, 3.8) is 0 Å². The Morgan fingerprint density at radius 2 is 1.73 bits per heavy atom. The van der Waals surface area contributed by atoms with Crippen molar-refractivity contribution >= 4 is 0 Å². The first kappa shape index (κ1) is 14.4. The van der Waals surface area contributed by atoms with E-state index in [1.165, 1.54) is 11.1 Å². The summed E-state index contributed by atoms with van der Waals surface area (Å²) in [4.78, 5) is 4.05. The molecular weight excluding hydrogens is 272 g/mol. The Kier molecular flexibility index (Phi) is 4.88. The number of aryl methyl sites for hydroxylation is 1. The Hall–Kier alpha value is -2.55. The molecule has 0 unspecified atom stereocenters. The van der Waals surface area contributed by atoms with Crippen molar-refractivity contribution in [1.29, 1.82) is 0 Å². The second-order valence-electron chi connectivity index (χ2n) is 5.32. The summed E-state index contributed by atoms with van der Waals surface area (Å²) >= 11 is 0. The fourth-order valence-corrected chi connectivity index (χ4v) is 2.39. The van der Waals surface area contributed by atoms with Gasteiger partial charge >= 0.3 is 0 Å². The highest BCUT2D eigenvalue weighted by molar-refractivity contribution is 5.27. The minimum absolute atomic E-state index is 0.746. The van der Waals surface area contributed by atoms with Gasteiger partial charge in [-0.2, -0.15) is 0 Å². The smallest absolute Gasteiger partial charge is 0.119 e. The standard InChI is InChI=1S/C19H20N2O/c1-2-5-17(6-3-1)7-4-14-22-19-10-8-18(9-11-19)15-21-13-12-20-16-21/h1-3,5-6,8-13,16H,4,7,14-15H2. The summed E-state index contributed by atoms with van der Waals surface area (Å²) in [6.07, 6.45) is 7.67. The largest absolute Gasteiger partial charge is 0.494 e. The van der Waals surface area contributed by atoms with Crippen LogP contribution in [0, 0.1) is 0 Å². The van der Waals surface area contributed by atoms with Gasteiger partial charge in [-0.1, -0.05) is 42.5 Å². The number of imidazole rings is 1. The lowest BCUT2D eigenvalue weighted by atomic mass is 10.1. The molecule has 0 aliphatic heterocycles. The van der Waals surface area contributed by atoms with Gasteiger partial charge in [0.15, 0.2) is 0 Å². The van der Waals surface area contributed by atoms with Gasteiger partial charge in [0.05, 0.1) is 12.9 Å². The normalized spacial score (nSPS) is 10.5. The van der Waals surface area contributed by atoms with E-state index in [1.807, 2.05) is 30.7 Å². The van der Waals surface area contributed by atoms with E-state index < -0.39 is 0 Å². The Morgan fingerprint density at radius 3 is 2.45 bits per heavy atom. The second-order valence-corrected chi connectivity index (χ2v) is 5.32. The van der Waals surface area contributed by atoms with Crippen molar-refractivity contribution in [3.8, 4) is 5.75 Å². The Bertz CT molecular complexity index is 660. The molecule has 0 radical (unpaired) electrons. The molecule has 0 saturated heterocycles. The van der Waals surface area contributed by atoms with E-state index in [1.54, 1.807) is 6.20 Å². The third-order valence-corrected chi connectivity index (χ3v) is 3.57. The third kappa shape index (κ3) is 4.22. The molecule has 0 atom stereocenters. The van der Waals surface area contributed by atoms with Crippen LogP contribution in [0.3, 0.4) is 0 Å². The number of aromatic nitrogens is 2. The van der Waals surface area contributed by atoms with Crippen molar-refractivity contribution in [2.45, 2.75) is 19.4 Å². The average Bonchev–Trinajstić information content (AvgIpc) is 3.07. The lowest BCUT2D eigenvalue weighted by molar-refractivity contribution is 0.311. The first-order valence-electron chi connectivity index (χ1n) is 7.61. The summed E-state index contributed by atoms with van der Waals surface area (Å²) in [5.74, 6) is 0.933. The number of rotatable bonds is 7. The quantitative estimate of drug-likeness (QED) is 0.617. The monoisotopic (exact) mass is 292 g/mol. The minimum atomic E-state index is 0.746. The third-order valence-electron chi connectivity index (χ3n) is 3.57. The highest BCUT2D eigenvalue weighted by Crippen LogP contribution is 2.14. The molecule has 3 aromatic rings.